The molecule has 9 heteroatoms. The average Bonchev–Trinajstić information content (AvgIpc) is 3.08. The number of carbonyl (C=O) groups is 1. The number of hydrogen-bond donors (Lipinski definition) is 6. The van der Waals surface area contributed by atoms with Gasteiger partial charge in [-0.3, -0.25) is 4.79 Å². The zero-order valence-electron chi connectivity index (χ0n) is 30.7. The lowest BCUT2D eigenvalue weighted by Gasteiger charge is -2.40. The van der Waals surface area contributed by atoms with E-state index < -0.39 is 49.5 Å². The minimum atomic E-state index is -1.56. The highest BCUT2D eigenvalue weighted by Gasteiger charge is 2.44. The Morgan fingerprint density at radius 1 is 0.688 bits per heavy atom. The van der Waals surface area contributed by atoms with Gasteiger partial charge in [0.05, 0.1) is 25.4 Å². The van der Waals surface area contributed by atoms with Gasteiger partial charge in [-0.05, 0) is 19.3 Å². The number of rotatable bonds is 32. The summed E-state index contributed by atoms with van der Waals surface area (Å²) in [5.41, 5.74) is 0. The van der Waals surface area contributed by atoms with Gasteiger partial charge in [0.1, 0.15) is 24.4 Å². The molecule has 1 saturated heterocycles. The second kappa shape index (κ2) is 30.7. The molecule has 9 nitrogen and oxygen atoms in total. The smallest absolute Gasteiger partial charge is 0.220 e. The van der Waals surface area contributed by atoms with Crippen LogP contribution in [0.1, 0.15) is 174 Å². The minimum Gasteiger partial charge on any atom is -0.394 e. The van der Waals surface area contributed by atoms with Crippen molar-refractivity contribution < 1.29 is 39.8 Å². The average molecular weight is 686 g/mol. The third-order valence-electron chi connectivity index (χ3n) is 9.61. The molecule has 1 heterocycles. The van der Waals surface area contributed by atoms with Gasteiger partial charge in [-0.2, -0.15) is 0 Å². The highest BCUT2D eigenvalue weighted by molar-refractivity contribution is 5.76. The van der Waals surface area contributed by atoms with Crippen molar-refractivity contribution in [1.82, 2.24) is 5.32 Å². The molecule has 48 heavy (non-hydrogen) atoms. The Labute approximate surface area is 293 Å². The van der Waals surface area contributed by atoms with E-state index in [1.165, 1.54) is 116 Å². The summed E-state index contributed by atoms with van der Waals surface area (Å²) in [5, 5.41) is 53.9. The first-order valence-electron chi connectivity index (χ1n) is 19.9. The molecule has 1 aliphatic heterocycles. The Hall–Kier alpha value is -1.07. The third-order valence-corrected chi connectivity index (χ3v) is 9.61. The topological polar surface area (TPSA) is 149 Å². The number of allylic oxidation sites excluding steroid dienone is 1. The molecule has 1 aliphatic rings. The van der Waals surface area contributed by atoms with Gasteiger partial charge in [-0.1, -0.05) is 161 Å². The SMILES string of the molecule is CCCCCCCCCCCCC/C=C/C(O)C(COC1OC(CO)C(O)C(O)C1O)NC(=O)CCCCCCCCCCCCCC. The lowest BCUT2D eigenvalue weighted by atomic mass is 9.99. The van der Waals surface area contributed by atoms with Crippen LogP contribution in [0.5, 0.6) is 0 Å². The summed E-state index contributed by atoms with van der Waals surface area (Å²) >= 11 is 0. The van der Waals surface area contributed by atoms with Gasteiger partial charge >= 0.3 is 0 Å². The summed E-state index contributed by atoms with van der Waals surface area (Å²) in [4.78, 5) is 12.8. The standard InChI is InChI=1S/C39H75NO8/c1-3-5-7-9-11-13-15-17-18-20-22-24-26-28-33(42)32(31-47-39-38(46)37(45)36(44)34(30-41)48-39)40-35(43)29-27-25-23-21-19-16-14-12-10-8-6-4-2/h26,28,32-34,36-39,41-42,44-46H,3-25,27,29-31H2,1-2H3,(H,40,43)/b28-26+. The maximum absolute atomic E-state index is 12.8. The van der Waals surface area contributed by atoms with Gasteiger partial charge < -0.3 is 40.3 Å². The second-order valence-corrected chi connectivity index (χ2v) is 14.1. The summed E-state index contributed by atoms with van der Waals surface area (Å²) in [7, 11) is 0. The fourth-order valence-electron chi connectivity index (χ4n) is 6.33. The Bertz CT molecular complexity index is 766. The van der Waals surface area contributed by atoms with Crippen LogP contribution in [-0.2, 0) is 14.3 Å². The maximum Gasteiger partial charge on any atom is 0.220 e. The summed E-state index contributed by atoms with van der Waals surface area (Å²) in [6, 6.07) is -0.796. The molecular formula is C39H75NO8. The van der Waals surface area contributed by atoms with Crippen LogP contribution in [0.4, 0.5) is 0 Å². The highest BCUT2D eigenvalue weighted by Crippen LogP contribution is 2.22. The van der Waals surface area contributed by atoms with E-state index >= 15 is 0 Å². The zero-order valence-corrected chi connectivity index (χ0v) is 30.7. The van der Waals surface area contributed by atoms with E-state index in [2.05, 4.69) is 19.2 Å². The molecule has 284 valence electrons. The Morgan fingerprint density at radius 3 is 1.62 bits per heavy atom. The van der Waals surface area contributed by atoms with E-state index in [0.717, 1.165) is 38.5 Å². The molecule has 1 fully saturated rings. The Balaban J connectivity index is 2.45. The van der Waals surface area contributed by atoms with Gasteiger partial charge in [0.15, 0.2) is 6.29 Å². The fourth-order valence-corrected chi connectivity index (χ4v) is 6.33. The number of aliphatic hydroxyl groups is 5. The number of carbonyl (C=O) groups excluding carboxylic acids is 1. The number of amides is 1. The van der Waals surface area contributed by atoms with E-state index in [9.17, 15) is 30.3 Å². The summed E-state index contributed by atoms with van der Waals surface area (Å²) in [6.07, 6.45) is 25.3. The molecule has 0 aromatic rings. The summed E-state index contributed by atoms with van der Waals surface area (Å²) in [5.74, 6) is -0.178. The Kier molecular flexibility index (Phi) is 28.8. The molecular weight excluding hydrogens is 610 g/mol. The van der Waals surface area contributed by atoms with Crippen molar-refractivity contribution in [3.05, 3.63) is 12.2 Å². The maximum atomic E-state index is 12.8. The molecule has 1 amide bonds. The van der Waals surface area contributed by atoms with Crippen LogP contribution in [-0.4, -0.2) is 87.5 Å². The lowest BCUT2D eigenvalue weighted by Crippen LogP contribution is -2.60. The predicted molar refractivity (Wildman–Crippen MR) is 194 cm³/mol. The summed E-state index contributed by atoms with van der Waals surface area (Å²) < 4.78 is 11.2. The lowest BCUT2D eigenvalue weighted by molar-refractivity contribution is -0.302. The van der Waals surface area contributed by atoms with Gasteiger partial charge in [-0.15, -0.1) is 0 Å². The number of hydrogen-bond acceptors (Lipinski definition) is 8. The van der Waals surface area contributed by atoms with Crippen molar-refractivity contribution in [2.24, 2.45) is 0 Å². The first-order valence-corrected chi connectivity index (χ1v) is 19.9. The molecule has 0 saturated carbocycles. The molecule has 0 spiro atoms. The number of nitrogens with one attached hydrogen (secondary N) is 1. The van der Waals surface area contributed by atoms with Crippen LogP contribution in [0.3, 0.4) is 0 Å². The van der Waals surface area contributed by atoms with Gasteiger partial charge in [0.25, 0.3) is 0 Å². The molecule has 0 radical (unpaired) electrons. The van der Waals surface area contributed by atoms with Crippen molar-refractivity contribution in [3.63, 3.8) is 0 Å². The minimum absolute atomic E-state index is 0.178. The molecule has 0 aliphatic carbocycles. The first-order chi connectivity index (χ1) is 23.3. The van der Waals surface area contributed by atoms with Crippen molar-refractivity contribution in [3.8, 4) is 0 Å². The van der Waals surface area contributed by atoms with E-state index in [-0.39, 0.29) is 12.5 Å². The number of unbranched alkanes of at least 4 members (excludes halogenated alkanes) is 22. The number of aliphatic hydroxyl groups excluding tert-OH is 5. The van der Waals surface area contributed by atoms with Crippen molar-refractivity contribution in [2.75, 3.05) is 13.2 Å². The second-order valence-electron chi connectivity index (χ2n) is 14.1. The van der Waals surface area contributed by atoms with Crippen LogP contribution in [0, 0.1) is 0 Å². The summed E-state index contributed by atoms with van der Waals surface area (Å²) in [6.45, 7) is 3.74. The first kappa shape index (κ1) is 45.0. The zero-order chi connectivity index (χ0) is 35.2. The molecule has 0 aromatic heterocycles. The van der Waals surface area contributed by atoms with Crippen LogP contribution < -0.4 is 5.32 Å². The van der Waals surface area contributed by atoms with E-state index in [1.807, 2.05) is 6.08 Å². The largest absolute Gasteiger partial charge is 0.394 e. The monoisotopic (exact) mass is 686 g/mol. The van der Waals surface area contributed by atoms with Gasteiger partial charge in [0.2, 0.25) is 5.91 Å². The highest BCUT2D eigenvalue weighted by atomic mass is 16.7. The van der Waals surface area contributed by atoms with Crippen molar-refractivity contribution in [1.29, 1.82) is 0 Å². The van der Waals surface area contributed by atoms with Gasteiger partial charge in [0, 0.05) is 6.42 Å². The van der Waals surface area contributed by atoms with Crippen molar-refractivity contribution in [2.45, 2.75) is 217 Å². The fraction of sp³-hybridized carbons (Fsp3) is 0.923. The molecule has 1 rings (SSSR count). The molecule has 6 N–H and O–H groups in total. The van der Waals surface area contributed by atoms with Crippen LogP contribution in [0.2, 0.25) is 0 Å². The van der Waals surface area contributed by atoms with Crippen LogP contribution >= 0.6 is 0 Å². The molecule has 7 unspecified atom stereocenters. The Morgan fingerprint density at radius 2 is 1.15 bits per heavy atom. The predicted octanol–water partition coefficient (Wildman–Crippen LogP) is 7.00. The van der Waals surface area contributed by atoms with Crippen molar-refractivity contribution >= 4 is 5.91 Å². The third kappa shape index (κ3) is 21.9. The van der Waals surface area contributed by atoms with Crippen LogP contribution in [0.15, 0.2) is 12.2 Å². The molecule has 0 bridgehead atoms. The van der Waals surface area contributed by atoms with E-state index in [4.69, 9.17) is 9.47 Å². The molecule has 0 aromatic carbocycles. The normalized spacial score (nSPS) is 22.7. The quantitative estimate of drug-likeness (QED) is 0.0328. The molecule has 7 atom stereocenters. The van der Waals surface area contributed by atoms with E-state index in [1.54, 1.807) is 6.08 Å². The van der Waals surface area contributed by atoms with Crippen LogP contribution in [0.25, 0.3) is 0 Å². The number of ether oxygens (including phenoxy) is 2. The van der Waals surface area contributed by atoms with Gasteiger partial charge in [-0.25, -0.2) is 0 Å². The van der Waals surface area contributed by atoms with E-state index in [0.29, 0.717) is 6.42 Å².